The maximum absolute atomic E-state index is 12.6. The van der Waals surface area contributed by atoms with Crippen LogP contribution in [0.1, 0.15) is 96.1 Å². The van der Waals surface area contributed by atoms with E-state index in [-0.39, 0.29) is 50.7 Å². The summed E-state index contributed by atoms with van der Waals surface area (Å²) in [6, 6.07) is 16.1. The molecular weight excluding hydrogens is 897 g/mol. The van der Waals surface area contributed by atoms with Gasteiger partial charge in [-0.2, -0.15) is 0 Å². The van der Waals surface area contributed by atoms with E-state index in [4.69, 9.17) is 33.2 Å². The number of carbonyl (C=O) groups is 7. The van der Waals surface area contributed by atoms with Gasteiger partial charge in [0.05, 0.1) is 40.6 Å². The summed E-state index contributed by atoms with van der Waals surface area (Å²) >= 11 is 0. The van der Waals surface area contributed by atoms with E-state index in [9.17, 15) is 33.6 Å². The number of carbonyl (C=O) groups excluding carboxylic acids is 7. The van der Waals surface area contributed by atoms with Crippen LogP contribution in [0.25, 0.3) is 0 Å². The second-order valence-corrected chi connectivity index (χ2v) is 17.0. The largest absolute Gasteiger partial charge is 0.467 e. The minimum atomic E-state index is -1.04. The summed E-state index contributed by atoms with van der Waals surface area (Å²) in [5, 5.41) is 13.4. The lowest BCUT2D eigenvalue weighted by atomic mass is 10.1. The Morgan fingerprint density at radius 1 is 0.522 bits per heavy atom. The molecule has 2 rings (SSSR count). The third-order valence-corrected chi connectivity index (χ3v) is 10.1. The fraction of sp³-hybridized carbons (Fsp3) is 0.612. The van der Waals surface area contributed by atoms with Crippen molar-refractivity contribution in [3.8, 4) is 0 Å². The van der Waals surface area contributed by atoms with Crippen molar-refractivity contribution in [3.63, 3.8) is 0 Å². The van der Waals surface area contributed by atoms with Crippen LogP contribution in [0.4, 0.5) is 14.4 Å². The van der Waals surface area contributed by atoms with Crippen molar-refractivity contribution in [2.75, 3.05) is 79.9 Å². The van der Waals surface area contributed by atoms with Crippen molar-refractivity contribution in [2.24, 2.45) is 0 Å². The van der Waals surface area contributed by atoms with Gasteiger partial charge in [-0.1, -0.05) is 73.5 Å². The first-order valence-electron chi connectivity index (χ1n) is 23.7. The second kappa shape index (κ2) is 36.1. The number of esters is 2. The van der Waals surface area contributed by atoms with Gasteiger partial charge in [-0.3, -0.25) is 9.59 Å². The number of hydrogen-bond acceptors (Lipinski definition) is 15. The molecule has 20 heteroatoms. The highest BCUT2D eigenvalue weighted by atomic mass is 16.6. The molecule has 5 amide bonds. The number of unbranched alkanes of at least 4 members (excludes halogenated alkanes) is 4. The molecule has 5 N–H and O–H groups in total. The standard InChI is InChI=1S/C49H76N6O14/c1-49(2,3)69-46(60)52-28-32-65-34-35-66-33-31-55(29-16-8-14-26-50-42(56)24-22-40(44(58)63-4)53-47(61)67-36-38-18-10-6-11-19-38)30-17-9-15-27-51-43(57)25-23-41(45(59)64-5)54-48(62)68-37-39-20-12-7-13-21-39/h6-7,10-13,18-21,40-41H,8-9,14-17,22-37H2,1-5H3,(H,50,56)(H,51,57)(H,52,60)(H,53,61)(H,54,62). The van der Waals surface area contributed by atoms with Crippen molar-refractivity contribution in [2.45, 2.75) is 116 Å². The van der Waals surface area contributed by atoms with E-state index in [1.165, 1.54) is 14.2 Å². The molecule has 0 aliphatic heterocycles. The first-order chi connectivity index (χ1) is 33.2. The van der Waals surface area contributed by atoms with Gasteiger partial charge in [0.2, 0.25) is 11.8 Å². The summed E-state index contributed by atoms with van der Waals surface area (Å²) in [6.45, 7) is 10.6. The topological polar surface area (TPSA) is 247 Å². The zero-order valence-electron chi connectivity index (χ0n) is 41.1. The fourth-order valence-corrected chi connectivity index (χ4v) is 6.44. The van der Waals surface area contributed by atoms with E-state index in [1.807, 2.05) is 60.7 Å². The molecule has 0 saturated carbocycles. The van der Waals surface area contributed by atoms with Crippen LogP contribution < -0.4 is 26.6 Å². The molecule has 69 heavy (non-hydrogen) atoms. The Bertz CT molecular complexity index is 1680. The number of nitrogens with one attached hydrogen (secondary N) is 5. The Hall–Kier alpha value is -5.99. The molecule has 0 fully saturated rings. The predicted molar refractivity (Wildman–Crippen MR) is 256 cm³/mol. The van der Waals surface area contributed by atoms with Gasteiger partial charge in [-0.05, 0) is 83.5 Å². The average Bonchev–Trinajstić information content (AvgIpc) is 3.33. The third kappa shape index (κ3) is 30.9. The average molecular weight is 973 g/mol. The van der Waals surface area contributed by atoms with Crippen molar-refractivity contribution < 1.29 is 66.7 Å². The molecule has 2 aromatic rings. The Labute approximate surface area is 406 Å². The highest BCUT2D eigenvalue weighted by Crippen LogP contribution is 2.09. The maximum Gasteiger partial charge on any atom is 0.408 e. The van der Waals surface area contributed by atoms with Crippen molar-refractivity contribution in [1.82, 2.24) is 31.5 Å². The molecule has 0 aliphatic rings. The molecular formula is C49H76N6O14. The summed E-state index contributed by atoms with van der Waals surface area (Å²) in [7, 11) is 2.42. The fourth-order valence-electron chi connectivity index (χ4n) is 6.44. The van der Waals surface area contributed by atoms with E-state index < -0.39 is 47.9 Å². The van der Waals surface area contributed by atoms with Gasteiger partial charge in [0.1, 0.15) is 30.9 Å². The van der Waals surface area contributed by atoms with Crippen LogP contribution in [0.3, 0.4) is 0 Å². The minimum absolute atomic E-state index is 0.00541. The molecule has 20 nitrogen and oxygen atoms in total. The van der Waals surface area contributed by atoms with E-state index in [0.29, 0.717) is 52.6 Å². The SMILES string of the molecule is COC(=O)C(CCC(=O)NCCCCCN(CCCCCNC(=O)CCC(NC(=O)OCc1ccccc1)C(=O)OC)CCOCCOCCNC(=O)OC(C)(C)C)NC(=O)OCc1ccccc1. The van der Waals surface area contributed by atoms with Gasteiger partial charge in [0.25, 0.3) is 0 Å². The van der Waals surface area contributed by atoms with Crippen molar-refractivity contribution in [1.29, 1.82) is 0 Å². The number of nitrogens with zero attached hydrogens (tertiary/aromatic N) is 1. The van der Waals surface area contributed by atoms with E-state index >= 15 is 0 Å². The van der Waals surface area contributed by atoms with Gasteiger partial charge in [0, 0.05) is 39.0 Å². The van der Waals surface area contributed by atoms with E-state index in [2.05, 4.69) is 31.5 Å². The lowest BCUT2D eigenvalue weighted by Gasteiger charge is -2.22. The van der Waals surface area contributed by atoms with Crippen LogP contribution in [-0.4, -0.2) is 145 Å². The molecule has 0 spiro atoms. The lowest BCUT2D eigenvalue weighted by Crippen LogP contribution is -2.42. The third-order valence-electron chi connectivity index (χ3n) is 10.1. The molecule has 386 valence electrons. The van der Waals surface area contributed by atoms with Crippen molar-refractivity contribution in [3.05, 3.63) is 71.8 Å². The van der Waals surface area contributed by atoms with Gasteiger partial charge < -0.3 is 64.6 Å². The minimum Gasteiger partial charge on any atom is -0.467 e. The van der Waals surface area contributed by atoms with Gasteiger partial charge in [0.15, 0.2) is 0 Å². The molecule has 0 heterocycles. The highest BCUT2D eigenvalue weighted by molar-refractivity contribution is 5.83. The molecule has 2 atom stereocenters. The Kier molecular flexibility index (Phi) is 30.9. The van der Waals surface area contributed by atoms with Crippen LogP contribution in [0.5, 0.6) is 0 Å². The lowest BCUT2D eigenvalue weighted by molar-refractivity contribution is -0.144. The first-order valence-corrected chi connectivity index (χ1v) is 23.7. The summed E-state index contributed by atoms with van der Waals surface area (Å²) < 4.78 is 36.7. The molecule has 0 bridgehead atoms. The van der Waals surface area contributed by atoms with Crippen LogP contribution >= 0.6 is 0 Å². The van der Waals surface area contributed by atoms with Crippen LogP contribution in [-0.2, 0) is 65.5 Å². The number of benzene rings is 2. The molecule has 0 saturated heterocycles. The zero-order valence-corrected chi connectivity index (χ0v) is 41.1. The summed E-state index contributed by atoms with van der Waals surface area (Å²) in [5.74, 6) is -1.85. The van der Waals surface area contributed by atoms with E-state index in [1.54, 1.807) is 20.8 Å². The number of amides is 5. The molecule has 2 aromatic carbocycles. The molecule has 0 aliphatic carbocycles. The number of methoxy groups -OCH3 is 2. The summed E-state index contributed by atoms with van der Waals surface area (Å²) in [5.41, 5.74) is 1.01. The quantitative estimate of drug-likeness (QED) is 0.0350. The highest BCUT2D eigenvalue weighted by Gasteiger charge is 2.25. The van der Waals surface area contributed by atoms with Crippen LogP contribution in [0.15, 0.2) is 60.7 Å². The molecule has 2 unspecified atom stereocenters. The molecule has 0 aromatic heterocycles. The number of hydrogen-bond donors (Lipinski definition) is 5. The predicted octanol–water partition coefficient (Wildman–Crippen LogP) is 4.92. The maximum atomic E-state index is 12.6. The van der Waals surface area contributed by atoms with Crippen molar-refractivity contribution >= 4 is 42.0 Å². The van der Waals surface area contributed by atoms with Gasteiger partial charge in [-0.15, -0.1) is 0 Å². The first kappa shape index (κ1) is 59.1. The zero-order chi connectivity index (χ0) is 50.5. The Balaban J connectivity index is 1.72. The Morgan fingerprint density at radius 2 is 0.971 bits per heavy atom. The van der Waals surface area contributed by atoms with Gasteiger partial charge in [-0.25, -0.2) is 24.0 Å². The number of ether oxygens (including phenoxy) is 7. The van der Waals surface area contributed by atoms with Crippen LogP contribution in [0, 0.1) is 0 Å². The second-order valence-electron chi connectivity index (χ2n) is 17.0. The normalized spacial score (nSPS) is 11.9. The van der Waals surface area contributed by atoms with E-state index in [0.717, 1.165) is 62.7 Å². The summed E-state index contributed by atoms with van der Waals surface area (Å²) in [4.78, 5) is 88.6. The smallest absolute Gasteiger partial charge is 0.408 e. The van der Waals surface area contributed by atoms with Crippen LogP contribution in [0.2, 0.25) is 0 Å². The monoisotopic (exact) mass is 973 g/mol. The van der Waals surface area contributed by atoms with Gasteiger partial charge >= 0.3 is 30.2 Å². The number of rotatable bonds is 35. The summed E-state index contributed by atoms with van der Waals surface area (Å²) in [6.07, 6.45) is 3.00. The molecule has 0 radical (unpaired) electrons. The Morgan fingerprint density at radius 3 is 1.41 bits per heavy atom. The number of alkyl carbamates (subject to hydrolysis) is 3.